The zero-order chi connectivity index (χ0) is 21.6. The highest BCUT2D eigenvalue weighted by molar-refractivity contribution is 5.84. The van der Waals surface area contributed by atoms with Crippen LogP contribution >= 0.6 is 0 Å². The molecule has 0 spiro atoms. The molecular formula is C28H39NO2. The molecule has 1 heterocycles. The van der Waals surface area contributed by atoms with Crippen LogP contribution in [0.5, 0.6) is 5.75 Å². The van der Waals surface area contributed by atoms with Gasteiger partial charge in [-0.3, -0.25) is 4.90 Å². The maximum absolute atomic E-state index is 6.34. The molecule has 3 nitrogen and oxygen atoms in total. The number of benzene rings is 2. The molecule has 0 bridgehead atoms. The van der Waals surface area contributed by atoms with Gasteiger partial charge in [-0.2, -0.15) is 0 Å². The number of allylic oxidation sites excluding steroid dienone is 1. The average Bonchev–Trinajstić information content (AvgIpc) is 2.79. The summed E-state index contributed by atoms with van der Waals surface area (Å²) in [6.07, 6.45) is 7.54. The summed E-state index contributed by atoms with van der Waals surface area (Å²) in [5.74, 6) is 2.43. The number of fused-ring (bicyclic) bond motifs is 1. The Balaban J connectivity index is 1.31. The monoisotopic (exact) mass is 421 g/mol. The fourth-order valence-corrected chi connectivity index (χ4v) is 5.18. The van der Waals surface area contributed by atoms with Gasteiger partial charge in [0.25, 0.3) is 0 Å². The molecule has 2 aliphatic rings. The number of hydrogen-bond acceptors (Lipinski definition) is 3. The van der Waals surface area contributed by atoms with E-state index in [9.17, 15) is 0 Å². The Morgan fingerprint density at radius 3 is 2.39 bits per heavy atom. The molecule has 0 amide bonds. The fourth-order valence-electron chi connectivity index (χ4n) is 5.18. The summed E-state index contributed by atoms with van der Waals surface area (Å²) >= 11 is 0. The first kappa shape index (κ1) is 22.4. The molecule has 1 saturated heterocycles. The summed E-state index contributed by atoms with van der Waals surface area (Å²) in [6.45, 7) is 13.5. The van der Waals surface area contributed by atoms with Crippen LogP contribution in [0.15, 0.2) is 48.6 Å². The molecule has 168 valence electrons. The third kappa shape index (κ3) is 6.11. The Hall–Kier alpha value is -1.84. The summed E-state index contributed by atoms with van der Waals surface area (Å²) in [5, 5.41) is 2.58. The first-order valence-electron chi connectivity index (χ1n) is 12.3. The SMILES string of the molecule is C=C(C)C1CCN(Cc2ccc3cc(OC4CCC(COCC)CC4)ccc3c2)CC1. The lowest BCUT2D eigenvalue weighted by atomic mass is 9.88. The highest BCUT2D eigenvalue weighted by Gasteiger charge is 2.23. The van der Waals surface area contributed by atoms with Gasteiger partial charge in [-0.1, -0.05) is 30.4 Å². The Morgan fingerprint density at radius 2 is 1.68 bits per heavy atom. The number of ether oxygens (including phenoxy) is 2. The van der Waals surface area contributed by atoms with Gasteiger partial charge in [-0.05, 0) is 112 Å². The number of piperidine rings is 1. The van der Waals surface area contributed by atoms with Crippen LogP contribution in [0.25, 0.3) is 10.8 Å². The third-order valence-electron chi connectivity index (χ3n) is 7.22. The number of nitrogens with zero attached hydrogens (tertiary/aromatic N) is 1. The van der Waals surface area contributed by atoms with Crippen LogP contribution in [0.2, 0.25) is 0 Å². The molecule has 1 saturated carbocycles. The van der Waals surface area contributed by atoms with E-state index in [1.54, 1.807) is 0 Å². The minimum atomic E-state index is 0.344. The number of rotatable bonds is 8. The summed E-state index contributed by atoms with van der Waals surface area (Å²) < 4.78 is 11.9. The van der Waals surface area contributed by atoms with Crippen molar-refractivity contribution in [3.63, 3.8) is 0 Å². The van der Waals surface area contributed by atoms with Crippen LogP contribution in [0.3, 0.4) is 0 Å². The average molecular weight is 422 g/mol. The summed E-state index contributed by atoms with van der Waals surface area (Å²) in [4.78, 5) is 2.58. The van der Waals surface area contributed by atoms with Crippen molar-refractivity contribution in [2.45, 2.75) is 65.0 Å². The van der Waals surface area contributed by atoms with Gasteiger partial charge in [0.05, 0.1) is 6.10 Å². The van der Waals surface area contributed by atoms with Gasteiger partial charge in [0, 0.05) is 19.8 Å². The van der Waals surface area contributed by atoms with Crippen LogP contribution in [-0.2, 0) is 11.3 Å². The lowest BCUT2D eigenvalue weighted by Gasteiger charge is -2.32. The largest absolute Gasteiger partial charge is 0.490 e. The first-order chi connectivity index (χ1) is 15.1. The van der Waals surface area contributed by atoms with E-state index in [0.717, 1.165) is 38.3 Å². The normalized spacial score (nSPS) is 23.2. The summed E-state index contributed by atoms with van der Waals surface area (Å²) in [7, 11) is 0. The Morgan fingerprint density at radius 1 is 0.968 bits per heavy atom. The van der Waals surface area contributed by atoms with Gasteiger partial charge < -0.3 is 9.47 Å². The molecule has 0 unspecified atom stereocenters. The number of hydrogen-bond donors (Lipinski definition) is 0. The minimum absolute atomic E-state index is 0.344. The van der Waals surface area contributed by atoms with E-state index >= 15 is 0 Å². The second-order valence-corrected chi connectivity index (χ2v) is 9.66. The topological polar surface area (TPSA) is 21.7 Å². The van der Waals surface area contributed by atoms with E-state index in [1.165, 1.54) is 60.7 Å². The Bertz CT molecular complexity index is 860. The van der Waals surface area contributed by atoms with E-state index < -0.39 is 0 Å². The van der Waals surface area contributed by atoms with E-state index in [-0.39, 0.29) is 0 Å². The standard InChI is InChI=1S/C28H39NO2/c1-4-30-20-22-6-10-27(11-7-22)31-28-12-9-25-17-23(5-8-26(25)18-28)19-29-15-13-24(14-16-29)21(2)3/h5,8-9,12,17-18,22,24,27H,2,4,6-7,10-11,13-16,19-20H2,1,3H3. The maximum atomic E-state index is 6.34. The zero-order valence-corrected chi connectivity index (χ0v) is 19.4. The quantitative estimate of drug-likeness (QED) is 0.448. The minimum Gasteiger partial charge on any atom is -0.490 e. The van der Waals surface area contributed by atoms with E-state index in [1.807, 2.05) is 0 Å². The zero-order valence-electron chi connectivity index (χ0n) is 19.4. The molecule has 3 heteroatoms. The van der Waals surface area contributed by atoms with Gasteiger partial charge in [0.15, 0.2) is 0 Å². The molecular weight excluding hydrogens is 382 g/mol. The summed E-state index contributed by atoms with van der Waals surface area (Å²) in [6, 6.07) is 13.5. The van der Waals surface area contributed by atoms with Crippen LogP contribution in [0.4, 0.5) is 0 Å². The van der Waals surface area contributed by atoms with Crippen molar-refractivity contribution < 1.29 is 9.47 Å². The van der Waals surface area contributed by atoms with Crippen molar-refractivity contribution >= 4 is 10.8 Å². The molecule has 1 aliphatic carbocycles. The van der Waals surface area contributed by atoms with Gasteiger partial charge in [-0.25, -0.2) is 0 Å². The lowest BCUT2D eigenvalue weighted by molar-refractivity contribution is 0.0651. The van der Waals surface area contributed by atoms with Crippen LogP contribution < -0.4 is 4.74 Å². The maximum Gasteiger partial charge on any atom is 0.120 e. The predicted octanol–water partition coefficient (Wildman–Crippen LogP) is 6.60. The highest BCUT2D eigenvalue weighted by atomic mass is 16.5. The van der Waals surface area contributed by atoms with Crippen molar-refractivity contribution in [3.05, 3.63) is 54.1 Å². The van der Waals surface area contributed by atoms with Crippen LogP contribution in [0, 0.1) is 11.8 Å². The van der Waals surface area contributed by atoms with E-state index in [0.29, 0.717) is 17.9 Å². The van der Waals surface area contributed by atoms with Crippen LogP contribution in [0.1, 0.15) is 57.9 Å². The molecule has 0 radical (unpaired) electrons. The Kier molecular flexibility index (Phi) is 7.68. The lowest BCUT2D eigenvalue weighted by Crippen LogP contribution is -2.33. The van der Waals surface area contributed by atoms with E-state index in [4.69, 9.17) is 9.47 Å². The fraction of sp³-hybridized carbons (Fsp3) is 0.571. The molecule has 2 aromatic carbocycles. The van der Waals surface area contributed by atoms with Crippen molar-refractivity contribution in [2.75, 3.05) is 26.3 Å². The second kappa shape index (κ2) is 10.7. The first-order valence-corrected chi connectivity index (χ1v) is 12.3. The van der Waals surface area contributed by atoms with Crippen molar-refractivity contribution in [2.24, 2.45) is 11.8 Å². The molecule has 31 heavy (non-hydrogen) atoms. The predicted molar refractivity (Wildman–Crippen MR) is 130 cm³/mol. The van der Waals surface area contributed by atoms with Gasteiger partial charge in [-0.15, -0.1) is 0 Å². The highest BCUT2D eigenvalue weighted by Crippen LogP contribution is 2.30. The van der Waals surface area contributed by atoms with Gasteiger partial charge in [0.2, 0.25) is 0 Å². The van der Waals surface area contributed by atoms with Gasteiger partial charge in [0.1, 0.15) is 5.75 Å². The van der Waals surface area contributed by atoms with Crippen LogP contribution in [-0.4, -0.2) is 37.3 Å². The molecule has 4 rings (SSSR count). The molecule has 1 aliphatic heterocycles. The van der Waals surface area contributed by atoms with Crippen molar-refractivity contribution in [3.8, 4) is 5.75 Å². The molecule has 2 fully saturated rings. The molecule has 0 N–H and O–H groups in total. The Labute approximate surface area is 188 Å². The molecule has 0 atom stereocenters. The molecule has 2 aromatic rings. The van der Waals surface area contributed by atoms with Crippen molar-refractivity contribution in [1.82, 2.24) is 4.90 Å². The third-order valence-corrected chi connectivity index (χ3v) is 7.22. The molecule has 0 aromatic heterocycles. The van der Waals surface area contributed by atoms with Crippen molar-refractivity contribution in [1.29, 1.82) is 0 Å². The smallest absolute Gasteiger partial charge is 0.120 e. The number of likely N-dealkylation sites (tertiary alicyclic amines) is 1. The van der Waals surface area contributed by atoms with E-state index in [2.05, 4.69) is 61.7 Å². The summed E-state index contributed by atoms with van der Waals surface area (Å²) in [5.41, 5.74) is 2.75. The van der Waals surface area contributed by atoms with Gasteiger partial charge >= 0.3 is 0 Å². The second-order valence-electron chi connectivity index (χ2n) is 9.66.